The average molecular weight is 203 g/mol. The second kappa shape index (κ2) is 3.62. The van der Waals surface area contributed by atoms with Crippen molar-refractivity contribution < 1.29 is 4.39 Å². The van der Waals surface area contributed by atoms with Gasteiger partial charge in [-0.2, -0.15) is 9.18 Å². The van der Waals surface area contributed by atoms with Crippen molar-refractivity contribution in [3.05, 3.63) is 29.7 Å². The van der Waals surface area contributed by atoms with E-state index in [1.807, 2.05) is 6.92 Å². The number of nitrogen functional groups attached to an aromatic ring is 1. The fourth-order valence-electron chi connectivity index (χ4n) is 1.37. The van der Waals surface area contributed by atoms with Crippen molar-refractivity contribution in [2.24, 2.45) is 0 Å². The van der Waals surface area contributed by atoms with Crippen molar-refractivity contribution >= 4 is 10.9 Å². The number of nitrogens with two attached hydrogens (primary N) is 1. The lowest BCUT2D eigenvalue weighted by molar-refractivity contribution is 0.570. The zero-order chi connectivity index (χ0) is 10.8. The highest BCUT2D eigenvalue weighted by molar-refractivity contribution is 5.80. The molecule has 1 aromatic heterocycles. The van der Waals surface area contributed by atoms with Crippen LogP contribution in [0.3, 0.4) is 0 Å². The van der Waals surface area contributed by atoms with Gasteiger partial charge in [-0.3, -0.25) is 0 Å². The van der Waals surface area contributed by atoms with Gasteiger partial charge in [0.2, 0.25) is 5.95 Å². The van der Waals surface area contributed by atoms with Crippen molar-refractivity contribution in [2.45, 2.75) is 13.3 Å². The Morgan fingerprint density at radius 2 is 2.33 bits per heavy atom. The van der Waals surface area contributed by atoms with Crippen LogP contribution in [0.1, 0.15) is 18.9 Å². The molecule has 0 aliphatic heterocycles. The van der Waals surface area contributed by atoms with Gasteiger partial charge in [0.1, 0.15) is 0 Å². The summed E-state index contributed by atoms with van der Waals surface area (Å²) in [5, 5.41) is 3.89. The summed E-state index contributed by atoms with van der Waals surface area (Å²) >= 11 is 0. The normalized spacial score (nSPS) is 10.0. The number of hydrogen-bond acceptors (Lipinski definition) is 2. The molecule has 2 rings (SSSR count). The molecule has 0 fully saturated rings. The minimum absolute atomic E-state index is 0.403. The van der Waals surface area contributed by atoms with Gasteiger partial charge in [-0.1, -0.05) is 18.8 Å². The zero-order valence-corrected chi connectivity index (χ0v) is 8.29. The molecule has 0 saturated heterocycles. The number of halogens is 1. The molecule has 0 spiro atoms. The van der Waals surface area contributed by atoms with E-state index in [0.29, 0.717) is 10.9 Å². The molecule has 0 aliphatic carbocycles. The van der Waals surface area contributed by atoms with E-state index in [4.69, 9.17) is 5.84 Å². The Hall–Kier alpha value is -2.02. The van der Waals surface area contributed by atoms with E-state index in [1.165, 1.54) is 0 Å². The topological polar surface area (TPSA) is 43.8 Å². The first-order valence-corrected chi connectivity index (χ1v) is 4.64. The monoisotopic (exact) mass is 203 g/mol. The summed E-state index contributed by atoms with van der Waals surface area (Å²) in [6, 6.07) is 5.17. The van der Waals surface area contributed by atoms with E-state index in [2.05, 4.69) is 16.9 Å². The van der Waals surface area contributed by atoms with Gasteiger partial charge in [0, 0.05) is 12.0 Å². The van der Waals surface area contributed by atoms with Crippen molar-refractivity contribution in [1.82, 2.24) is 9.89 Å². The van der Waals surface area contributed by atoms with Crippen molar-refractivity contribution in [3.63, 3.8) is 0 Å². The minimum atomic E-state index is -0.562. The molecule has 0 saturated carbocycles. The number of aromatic nitrogens is 2. The summed E-state index contributed by atoms with van der Waals surface area (Å²) in [7, 11) is 0. The highest BCUT2D eigenvalue weighted by Gasteiger charge is 2.07. The number of nitrogens with zero attached hydrogens (tertiary/aromatic N) is 2. The maximum Gasteiger partial charge on any atom is 0.242 e. The largest absolute Gasteiger partial charge is 0.323 e. The van der Waals surface area contributed by atoms with Crippen LogP contribution in [0.5, 0.6) is 0 Å². The van der Waals surface area contributed by atoms with E-state index in [9.17, 15) is 4.39 Å². The van der Waals surface area contributed by atoms with Crippen LogP contribution in [0.2, 0.25) is 0 Å². The highest BCUT2D eigenvalue weighted by atomic mass is 19.1. The van der Waals surface area contributed by atoms with Gasteiger partial charge >= 0.3 is 0 Å². The lowest BCUT2D eigenvalue weighted by Gasteiger charge is -1.93. The number of benzene rings is 1. The molecule has 0 unspecified atom stereocenters. The summed E-state index contributed by atoms with van der Waals surface area (Å²) < 4.78 is 13.2. The fourth-order valence-corrected chi connectivity index (χ4v) is 1.37. The van der Waals surface area contributed by atoms with Crippen LogP contribution in [0.4, 0.5) is 4.39 Å². The average Bonchev–Trinajstić information content (AvgIpc) is 2.52. The smallest absolute Gasteiger partial charge is 0.242 e. The van der Waals surface area contributed by atoms with E-state index in [1.54, 1.807) is 18.2 Å². The molecule has 1 aromatic carbocycles. The Morgan fingerprint density at radius 3 is 3.07 bits per heavy atom. The summed E-state index contributed by atoms with van der Waals surface area (Å²) in [4.78, 5) is 1.03. The number of fused-ring (bicyclic) bond motifs is 1. The van der Waals surface area contributed by atoms with Crippen LogP contribution in [0.15, 0.2) is 18.2 Å². The van der Waals surface area contributed by atoms with Gasteiger partial charge in [0.15, 0.2) is 0 Å². The van der Waals surface area contributed by atoms with Gasteiger partial charge in [-0.05, 0) is 18.2 Å². The number of rotatable bonds is 0. The molecule has 1 heterocycles. The molecule has 2 N–H and O–H groups in total. The molecule has 76 valence electrons. The number of hydrogen-bond donors (Lipinski definition) is 1. The molecule has 0 bridgehead atoms. The predicted octanol–water partition coefficient (Wildman–Crippen LogP) is 1.65. The van der Waals surface area contributed by atoms with E-state index in [-0.39, 0.29) is 0 Å². The SMILES string of the molecule is CCC#Cc1ccc2c(c1)c(F)nn2N. The standard InChI is InChI=1S/C11H10FN3/c1-2-3-4-8-5-6-10-9(7-8)11(12)14-15(10)13/h5-7H,2,13H2,1H3. The third kappa shape index (κ3) is 1.64. The summed E-state index contributed by atoms with van der Waals surface area (Å²) in [5.41, 5.74) is 1.34. The Kier molecular flexibility index (Phi) is 2.30. The molecular formula is C11H10FN3. The molecule has 0 radical (unpaired) electrons. The Labute approximate surface area is 86.7 Å². The van der Waals surface area contributed by atoms with Crippen LogP contribution in [-0.4, -0.2) is 9.89 Å². The van der Waals surface area contributed by atoms with Crippen LogP contribution < -0.4 is 5.84 Å². The second-order valence-corrected chi connectivity index (χ2v) is 3.12. The lowest BCUT2D eigenvalue weighted by Crippen LogP contribution is -2.09. The quantitative estimate of drug-likeness (QED) is 0.522. The predicted molar refractivity (Wildman–Crippen MR) is 57.0 cm³/mol. The molecule has 3 nitrogen and oxygen atoms in total. The van der Waals surface area contributed by atoms with E-state index < -0.39 is 5.95 Å². The molecule has 2 aromatic rings. The zero-order valence-electron chi connectivity index (χ0n) is 8.29. The van der Waals surface area contributed by atoms with Gasteiger partial charge in [-0.25, -0.2) is 0 Å². The first kappa shape index (κ1) is 9.53. The van der Waals surface area contributed by atoms with Gasteiger partial charge in [-0.15, -0.1) is 5.10 Å². The Bertz CT molecular complexity index is 560. The van der Waals surface area contributed by atoms with Crippen LogP contribution >= 0.6 is 0 Å². The van der Waals surface area contributed by atoms with Crippen molar-refractivity contribution in [1.29, 1.82) is 0 Å². The second-order valence-electron chi connectivity index (χ2n) is 3.12. The van der Waals surface area contributed by atoms with E-state index in [0.717, 1.165) is 16.8 Å². The van der Waals surface area contributed by atoms with Gasteiger partial charge < -0.3 is 5.84 Å². The Morgan fingerprint density at radius 1 is 1.53 bits per heavy atom. The van der Waals surface area contributed by atoms with Crippen molar-refractivity contribution in [3.8, 4) is 11.8 Å². The molecule has 0 aliphatic rings. The Balaban J connectivity index is 2.60. The molecule has 0 amide bonds. The molecule has 15 heavy (non-hydrogen) atoms. The van der Waals surface area contributed by atoms with Crippen LogP contribution in [0.25, 0.3) is 10.9 Å². The van der Waals surface area contributed by atoms with Gasteiger partial charge in [0.25, 0.3) is 0 Å². The highest BCUT2D eigenvalue weighted by Crippen LogP contribution is 2.17. The third-order valence-corrected chi connectivity index (χ3v) is 2.07. The van der Waals surface area contributed by atoms with Crippen LogP contribution in [0, 0.1) is 17.8 Å². The maximum atomic E-state index is 13.2. The first-order valence-electron chi connectivity index (χ1n) is 4.64. The van der Waals surface area contributed by atoms with Gasteiger partial charge in [0.05, 0.1) is 10.9 Å². The van der Waals surface area contributed by atoms with E-state index >= 15 is 0 Å². The third-order valence-electron chi connectivity index (χ3n) is 2.07. The molecule has 4 heteroatoms. The summed E-state index contributed by atoms with van der Waals surface area (Å²) in [6.07, 6.45) is 0.774. The lowest BCUT2D eigenvalue weighted by atomic mass is 10.1. The fraction of sp³-hybridized carbons (Fsp3) is 0.182. The maximum absolute atomic E-state index is 13.2. The molecule has 0 atom stereocenters. The minimum Gasteiger partial charge on any atom is -0.323 e. The first-order chi connectivity index (χ1) is 7.22. The van der Waals surface area contributed by atoms with Crippen molar-refractivity contribution in [2.75, 3.05) is 5.84 Å². The summed E-state index contributed by atoms with van der Waals surface area (Å²) in [6.45, 7) is 1.96. The van der Waals surface area contributed by atoms with Crippen LogP contribution in [-0.2, 0) is 0 Å². The summed E-state index contributed by atoms with van der Waals surface area (Å²) in [5.74, 6) is 10.7. The molecular weight excluding hydrogens is 193 g/mol.